The van der Waals surface area contributed by atoms with Crippen LogP contribution < -0.4 is 20.3 Å². The van der Waals surface area contributed by atoms with Crippen molar-refractivity contribution in [3.63, 3.8) is 0 Å². The van der Waals surface area contributed by atoms with Crippen LogP contribution in [0, 0.1) is 0 Å². The number of hydrogen-bond donors (Lipinski definition) is 1. The molecule has 7 heteroatoms. The quantitative estimate of drug-likeness (QED) is 0.907. The first-order valence-electron chi connectivity index (χ1n) is 7.46. The minimum atomic E-state index is -0.305. The fourth-order valence-corrected chi connectivity index (χ4v) is 2.41. The first-order valence-corrected chi connectivity index (χ1v) is 7.46. The van der Waals surface area contributed by atoms with Gasteiger partial charge < -0.3 is 14.8 Å². The number of rotatable bonds is 4. The second kappa shape index (κ2) is 5.42. The minimum Gasteiger partial charge on any atom is -0.454 e. The number of fused-ring (bicyclic) bond motifs is 1. The maximum Gasteiger partial charge on any atom is 0.267 e. The lowest BCUT2D eigenvalue weighted by Crippen LogP contribution is -2.34. The number of carbonyl (C=O) groups excluding carboxylic acids is 1. The summed E-state index contributed by atoms with van der Waals surface area (Å²) in [5, 5.41) is 7.13. The summed E-state index contributed by atoms with van der Waals surface area (Å²) < 4.78 is 11.8. The smallest absolute Gasteiger partial charge is 0.267 e. The van der Waals surface area contributed by atoms with E-state index in [0.717, 1.165) is 18.4 Å². The maximum atomic E-state index is 11.9. The molecule has 1 amide bonds. The van der Waals surface area contributed by atoms with Crippen LogP contribution in [-0.2, 0) is 11.3 Å². The highest BCUT2D eigenvalue weighted by molar-refractivity contribution is 5.76. The molecule has 1 aliphatic heterocycles. The van der Waals surface area contributed by atoms with E-state index in [1.54, 1.807) is 12.1 Å². The lowest BCUT2D eigenvalue weighted by molar-refractivity contribution is -0.122. The largest absolute Gasteiger partial charge is 0.454 e. The Hall–Kier alpha value is -2.83. The van der Waals surface area contributed by atoms with E-state index in [-0.39, 0.29) is 30.8 Å². The van der Waals surface area contributed by atoms with E-state index in [4.69, 9.17) is 9.47 Å². The van der Waals surface area contributed by atoms with Gasteiger partial charge in [-0.05, 0) is 37.1 Å². The van der Waals surface area contributed by atoms with Crippen molar-refractivity contribution in [1.29, 1.82) is 0 Å². The average molecular weight is 313 g/mol. The normalized spacial score (nSPS) is 15.5. The topological polar surface area (TPSA) is 82.5 Å². The second-order valence-corrected chi connectivity index (χ2v) is 5.62. The van der Waals surface area contributed by atoms with E-state index in [1.807, 2.05) is 12.1 Å². The van der Waals surface area contributed by atoms with Crippen molar-refractivity contribution >= 4 is 5.91 Å². The second-order valence-electron chi connectivity index (χ2n) is 5.62. The number of nitrogens with zero attached hydrogens (tertiary/aromatic N) is 2. The Kier molecular flexibility index (Phi) is 3.25. The first-order chi connectivity index (χ1) is 11.2. The zero-order valence-corrected chi connectivity index (χ0v) is 12.3. The molecule has 2 aromatic rings. The van der Waals surface area contributed by atoms with Crippen LogP contribution in [0.25, 0.3) is 11.3 Å². The van der Waals surface area contributed by atoms with Crippen LogP contribution in [0.5, 0.6) is 11.5 Å². The number of nitrogens with one attached hydrogen (secondary N) is 1. The molecule has 1 fully saturated rings. The number of ether oxygens (including phenoxy) is 2. The van der Waals surface area contributed by atoms with Crippen molar-refractivity contribution in [3.05, 3.63) is 40.7 Å². The van der Waals surface area contributed by atoms with E-state index in [0.29, 0.717) is 17.2 Å². The number of aromatic nitrogens is 2. The molecule has 1 N–H and O–H groups in total. The van der Waals surface area contributed by atoms with Gasteiger partial charge in [-0.3, -0.25) is 9.59 Å². The van der Waals surface area contributed by atoms with Gasteiger partial charge in [-0.2, -0.15) is 5.10 Å². The Bertz CT molecular complexity index is 826. The molecule has 0 unspecified atom stereocenters. The van der Waals surface area contributed by atoms with E-state index < -0.39 is 0 Å². The summed E-state index contributed by atoms with van der Waals surface area (Å²) in [6.45, 7) is 0.126. The van der Waals surface area contributed by atoms with Gasteiger partial charge in [0.25, 0.3) is 5.56 Å². The van der Waals surface area contributed by atoms with Gasteiger partial charge >= 0.3 is 0 Å². The van der Waals surface area contributed by atoms with Gasteiger partial charge in [0, 0.05) is 17.7 Å². The fraction of sp³-hybridized carbons (Fsp3) is 0.312. The van der Waals surface area contributed by atoms with Gasteiger partial charge in [-0.25, -0.2) is 4.68 Å². The van der Waals surface area contributed by atoms with Gasteiger partial charge in [0.2, 0.25) is 12.7 Å². The first kappa shape index (κ1) is 13.8. The van der Waals surface area contributed by atoms with Crippen LogP contribution >= 0.6 is 0 Å². The summed E-state index contributed by atoms with van der Waals surface area (Å²) in [6.07, 6.45) is 2.01. The van der Waals surface area contributed by atoms with Crippen LogP contribution in [0.2, 0.25) is 0 Å². The Balaban J connectivity index is 1.60. The van der Waals surface area contributed by atoms with Crippen LogP contribution in [-0.4, -0.2) is 28.5 Å². The molecule has 0 atom stereocenters. The van der Waals surface area contributed by atoms with Gasteiger partial charge in [-0.15, -0.1) is 0 Å². The standard InChI is InChI=1S/C16H15N3O4/c20-15(17-11-2-3-11)8-19-16(21)6-4-12(18-19)10-1-5-13-14(7-10)23-9-22-13/h1,4-7,11H,2-3,8-9H2,(H,17,20). The Labute approximate surface area is 131 Å². The molecule has 23 heavy (non-hydrogen) atoms. The highest BCUT2D eigenvalue weighted by atomic mass is 16.7. The Morgan fingerprint density at radius 1 is 1.22 bits per heavy atom. The summed E-state index contributed by atoms with van der Waals surface area (Å²) in [5.41, 5.74) is 1.09. The average Bonchev–Trinajstić information content (AvgIpc) is 3.22. The monoisotopic (exact) mass is 313 g/mol. The van der Waals surface area contributed by atoms with Gasteiger partial charge in [0.1, 0.15) is 6.54 Å². The molecule has 0 spiro atoms. The number of carbonyl (C=O) groups is 1. The summed E-state index contributed by atoms with van der Waals surface area (Å²) >= 11 is 0. The lowest BCUT2D eigenvalue weighted by atomic mass is 10.1. The van der Waals surface area contributed by atoms with E-state index >= 15 is 0 Å². The van der Waals surface area contributed by atoms with Gasteiger partial charge in [0.05, 0.1) is 5.69 Å². The highest BCUT2D eigenvalue weighted by Crippen LogP contribution is 2.35. The SMILES string of the molecule is O=C(Cn1nc(-c2ccc3c(c2)OCO3)ccc1=O)NC1CC1. The molecule has 0 bridgehead atoms. The number of amides is 1. The molecule has 0 saturated heterocycles. The highest BCUT2D eigenvalue weighted by Gasteiger charge is 2.23. The Morgan fingerprint density at radius 2 is 2.04 bits per heavy atom. The van der Waals surface area contributed by atoms with Crippen molar-refractivity contribution in [2.24, 2.45) is 0 Å². The van der Waals surface area contributed by atoms with Gasteiger partial charge in [-0.1, -0.05) is 0 Å². The third kappa shape index (κ3) is 2.90. The molecule has 2 heterocycles. The summed E-state index contributed by atoms with van der Waals surface area (Å²) in [7, 11) is 0. The van der Waals surface area contributed by atoms with Crippen molar-refractivity contribution in [2.45, 2.75) is 25.4 Å². The molecule has 4 rings (SSSR count). The van der Waals surface area contributed by atoms with Crippen LogP contribution in [0.3, 0.4) is 0 Å². The minimum absolute atomic E-state index is 0.0757. The predicted molar refractivity (Wildman–Crippen MR) is 81.2 cm³/mol. The summed E-state index contributed by atoms with van der Waals surface area (Å²) in [5.74, 6) is 1.14. The molecule has 1 aliphatic carbocycles. The maximum absolute atomic E-state index is 11.9. The fourth-order valence-electron chi connectivity index (χ4n) is 2.41. The zero-order chi connectivity index (χ0) is 15.8. The molecule has 1 aromatic carbocycles. The molecular weight excluding hydrogens is 298 g/mol. The third-order valence-corrected chi connectivity index (χ3v) is 3.77. The molecule has 118 valence electrons. The molecule has 0 radical (unpaired) electrons. The molecule has 1 saturated carbocycles. The van der Waals surface area contributed by atoms with Crippen LogP contribution in [0.1, 0.15) is 12.8 Å². The van der Waals surface area contributed by atoms with Crippen LogP contribution in [0.15, 0.2) is 35.1 Å². The van der Waals surface area contributed by atoms with Crippen LogP contribution in [0.4, 0.5) is 0 Å². The van der Waals surface area contributed by atoms with Crippen molar-refractivity contribution in [2.75, 3.05) is 6.79 Å². The number of benzene rings is 1. The Morgan fingerprint density at radius 3 is 2.87 bits per heavy atom. The predicted octanol–water partition coefficient (Wildman–Crippen LogP) is 0.918. The van der Waals surface area contributed by atoms with E-state index in [2.05, 4.69) is 10.4 Å². The van der Waals surface area contributed by atoms with E-state index in [1.165, 1.54) is 10.7 Å². The summed E-state index contributed by atoms with van der Waals surface area (Å²) in [6, 6.07) is 8.76. The molecule has 1 aromatic heterocycles. The van der Waals surface area contributed by atoms with Crippen molar-refractivity contribution in [3.8, 4) is 22.8 Å². The molecular formula is C16H15N3O4. The molecule has 2 aliphatic rings. The van der Waals surface area contributed by atoms with Crippen molar-refractivity contribution < 1.29 is 14.3 Å². The molecule has 7 nitrogen and oxygen atoms in total. The van der Waals surface area contributed by atoms with Crippen molar-refractivity contribution in [1.82, 2.24) is 15.1 Å². The summed E-state index contributed by atoms with van der Waals surface area (Å²) in [4.78, 5) is 23.8. The lowest BCUT2D eigenvalue weighted by Gasteiger charge is -2.08. The third-order valence-electron chi connectivity index (χ3n) is 3.77. The number of hydrogen-bond acceptors (Lipinski definition) is 5. The van der Waals surface area contributed by atoms with E-state index in [9.17, 15) is 9.59 Å². The van der Waals surface area contributed by atoms with Gasteiger partial charge in [0.15, 0.2) is 11.5 Å². The zero-order valence-electron chi connectivity index (χ0n) is 12.3.